The molecule has 0 amide bonds. The van der Waals surface area contributed by atoms with Crippen LogP contribution in [0.5, 0.6) is 0 Å². The Kier molecular flexibility index (Phi) is 5.83. The van der Waals surface area contributed by atoms with Crippen LogP contribution in [0.3, 0.4) is 0 Å². The van der Waals surface area contributed by atoms with Gasteiger partial charge in [-0.2, -0.15) is 0 Å². The maximum absolute atomic E-state index is 5.50. The Morgan fingerprint density at radius 3 is 2.84 bits per heavy atom. The van der Waals surface area contributed by atoms with Gasteiger partial charge in [0.2, 0.25) is 0 Å². The number of rotatable bonds is 5. The van der Waals surface area contributed by atoms with Crippen LogP contribution in [-0.2, 0) is 4.74 Å². The van der Waals surface area contributed by atoms with Gasteiger partial charge in [-0.25, -0.2) is 0 Å². The first-order chi connectivity index (χ1) is 9.31. The minimum Gasteiger partial charge on any atom is -0.380 e. The smallest absolute Gasteiger partial charge is 0.0593 e. The van der Waals surface area contributed by atoms with E-state index < -0.39 is 0 Å². The van der Waals surface area contributed by atoms with Crippen LogP contribution >= 0.6 is 0 Å². The van der Waals surface area contributed by atoms with Gasteiger partial charge in [0.25, 0.3) is 0 Å². The molecule has 1 aromatic rings. The number of ether oxygens (including phenoxy) is 1. The van der Waals surface area contributed by atoms with E-state index in [1.807, 2.05) is 0 Å². The summed E-state index contributed by atoms with van der Waals surface area (Å²) in [6.45, 7) is 9.20. The molecule has 1 N–H and O–H groups in total. The van der Waals surface area contributed by atoms with Crippen molar-refractivity contribution >= 4 is 0 Å². The first kappa shape index (κ1) is 14.5. The Morgan fingerprint density at radius 2 is 2.11 bits per heavy atom. The van der Waals surface area contributed by atoms with Crippen molar-refractivity contribution in [2.45, 2.75) is 32.4 Å². The maximum atomic E-state index is 5.50. The van der Waals surface area contributed by atoms with Gasteiger partial charge in [0.05, 0.1) is 6.61 Å². The lowest BCUT2D eigenvalue weighted by atomic mass is 10.1. The summed E-state index contributed by atoms with van der Waals surface area (Å²) in [5.41, 5.74) is 1.39. The van der Waals surface area contributed by atoms with Gasteiger partial charge in [-0.05, 0) is 32.4 Å². The van der Waals surface area contributed by atoms with Crippen LogP contribution in [0.25, 0.3) is 0 Å². The topological polar surface area (TPSA) is 24.5 Å². The van der Waals surface area contributed by atoms with Gasteiger partial charge in [0, 0.05) is 31.8 Å². The fraction of sp³-hybridized carbons (Fsp3) is 0.625. The molecule has 0 aromatic heterocycles. The summed E-state index contributed by atoms with van der Waals surface area (Å²) in [5.74, 6) is 0. The minimum absolute atomic E-state index is 0.438. The molecular formula is C16H26N2O. The lowest BCUT2D eigenvalue weighted by Gasteiger charge is -2.29. The third-order valence-corrected chi connectivity index (χ3v) is 3.92. The zero-order chi connectivity index (χ0) is 13.5. The van der Waals surface area contributed by atoms with Crippen LogP contribution < -0.4 is 5.32 Å². The number of nitrogens with one attached hydrogen (secondary N) is 1. The molecule has 1 saturated heterocycles. The summed E-state index contributed by atoms with van der Waals surface area (Å²) in [6.07, 6.45) is 1.20. The lowest BCUT2D eigenvalue weighted by Crippen LogP contribution is -2.38. The summed E-state index contributed by atoms with van der Waals surface area (Å²) < 4.78 is 5.50. The third-order valence-electron chi connectivity index (χ3n) is 3.92. The highest BCUT2D eigenvalue weighted by molar-refractivity contribution is 5.19. The van der Waals surface area contributed by atoms with Gasteiger partial charge in [-0.1, -0.05) is 30.3 Å². The lowest BCUT2D eigenvalue weighted by molar-refractivity contribution is 0.0965. The van der Waals surface area contributed by atoms with Crippen molar-refractivity contribution in [1.82, 2.24) is 10.2 Å². The molecule has 2 unspecified atom stereocenters. The van der Waals surface area contributed by atoms with Crippen molar-refractivity contribution in [2.75, 3.05) is 32.8 Å². The molecule has 3 heteroatoms. The van der Waals surface area contributed by atoms with E-state index in [4.69, 9.17) is 4.74 Å². The Balaban J connectivity index is 1.98. The van der Waals surface area contributed by atoms with Gasteiger partial charge in [-0.3, -0.25) is 4.90 Å². The van der Waals surface area contributed by atoms with Crippen LogP contribution in [0, 0.1) is 0 Å². The van der Waals surface area contributed by atoms with E-state index in [9.17, 15) is 0 Å². The molecule has 106 valence electrons. The zero-order valence-corrected chi connectivity index (χ0v) is 12.1. The van der Waals surface area contributed by atoms with E-state index >= 15 is 0 Å². The van der Waals surface area contributed by atoms with Crippen molar-refractivity contribution in [1.29, 1.82) is 0 Å². The van der Waals surface area contributed by atoms with E-state index in [0.717, 1.165) is 32.8 Å². The molecule has 0 spiro atoms. The monoisotopic (exact) mass is 262 g/mol. The van der Waals surface area contributed by atoms with Gasteiger partial charge < -0.3 is 10.1 Å². The Morgan fingerprint density at radius 1 is 1.32 bits per heavy atom. The molecule has 2 atom stereocenters. The van der Waals surface area contributed by atoms with Crippen molar-refractivity contribution in [3.8, 4) is 0 Å². The number of benzene rings is 1. The second-order valence-corrected chi connectivity index (χ2v) is 5.25. The predicted octanol–water partition coefficient (Wildman–Crippen LogP) is 2.45. The van der Waals surface area contributed by atoms with Crippen LogP contribution in [0.15, 0.2) is 30.3 Å². The SMILES string of the molecule is CCOCCN1CC(c2ccccc2)NCCC1C. The Bertz CT molecular complexity index is 355. The van der Waals surface area contributed by atoms with Gasteiger partial charge in [-0.15, -0.1) is 0 Å². The van der Waals surface area contributed by atoms with E-state index in [1.54, 1.807) is 0 Å². The fourth-order valence-corrected chi connectivity index (χ4v) is 2.67. The summed E-state index contributed by atoms with van der Waals surface area (Å²) in [6, 6.07) is 11.8. The van der Waals surface area contributed by atoms with Crippen LogP contribution in [0.4, 0.5) is 0 Å². The molecule has 19 heavy (non-hydrogen) atoms. The molecule has 0 aliphatic carbocycles. The summed E-state index contributed by atoms with van der Waals surface area (Å²) >= 11 is 0. The standard InChI is InChI=1S/C16H26N2O/c1-3-19-12-11-18-13-16(17-10-9-14(18)2)15-7-5-4-6-8-15/h4-8,14,16-17H,3,9-13H2,1-2H3. The average molecular weight is 262 g/mol. The highest BCUT2D eigenvalue weighted by Crippen LogP contribution is 2.19. The van der Waals surface area contributed by atoms with Crippen molar-refractivity contribution < 1.29 is 4.74 Å². The average Bonchev–Trinajstić information content (AvgIpc) is 2.63. The van der Waals surface area contributed by atoms with Crippen molar-refractivity contribution in [2.24, 2.45) is 0 Å². The molecule has 1 aliphatic heterocycles. The van der Waals surface area contributed by atoms with Gasteiger partial charge in [0.15, 0.2) is 0 Å². The molecule has 1 fully saturated rings. The Labute approximate surface area is 116 Å². The molecule has 2 rings (SSSR count). The first-order valence-electron chi connectivity index (χ1n) is 7.41. The Hall–Kier alpha value is -0.900. The molecule has 0 radical (unpaired) electrons. The van der Waals surface area contributed by atoms with Crippen molar-refractivity contribution in [3.63, 3.8) is 0 Å². The van der Waals surface area contributed by atoms with E-state index in [1.165, 1.54) is 12.0 Å². The van der Waals surface area contributed by atoms with E-state index in [-0.39, 0.29) is 0 Å². The minimum atomic E-state index is 0.438. The second kappa shape index (κ2) is 7.63. The highest BCUT2D eigenvalue weighted by atomic mass is 16.5. The molecule has 0 bridgehead atoms. The third kappa shape index (κ3) is 4.30. The number of nitrogens with zero attached hydrogens (tertiary/aromatic N) is 1. The van der Waals surface area contributed by atoms with Crippen LogP contribution in [-0.4, -0.2) is 43.8 Å². The summed E-state index contributed by atoms with van der Waals surface area (Å²) in [4.78, 5) is 2.55. The predicted molar refractivity (Wildman–Crippen MR) is 79.3 cm³/mol. The van der Waals surface area contributed by atoms with Crippen LogP contribution in [0.2, 0.25) is 0 Å². The number of hydrogen-bond acceptors (Lipinski definition) is 3. The van der Waals surface area contributed by atoms with Crippen LogP contribution in [0.1, 0.15) is 31.9 Å². The molecule has 0 saturated carbocycles. The zero-order valence-electron chi connectivity index (χ0n) is 12.1. The molecule has 1 aliphatic rings. The molecule has 3 nitrogen and oxygen atoms in total. The highest BCUT2D eigenvalue weighted by Gasteiger charge is 2.23. The van der Waals surface area contributed by atoms with Crippen molar-refractivity contribution in [3.05, 3.63) is 35.9 Å². The van der Waals surface area contributed by atoms with E-state index in [0.29, 0.717) is 12.1 Å². The quantitative estimate of drug-likeness (QED) is 0.825. The fourth-order valence-electron chi connectivity index (χ4n) is 2.67. The first-order valence-corrected chi connectivity index (χ1v) is 7.41. The normalized spacial score (nSPS) is 25.2. The molecular weight excluding hydrogens is 236 g/mol. The summed E-state index contributed by atoms with van der Waals surface area (Å²) in [5, 5.41) is 3.67. The molecule has 1 aromatic carbocycles. The largest absolute Gasteiger partial charge is 0.380 e. The number of hydrogen-bond donors (Lipinski definition) is 1. The van der Waals surface area contributed by atoms with E-state index in [2.05, 4.69) is 54.4 Å². The maximum Gasteiger partial charge on any atom is 0.0593 e. The second-order valence-electron chi connectivity index (χ2n) is 5.25. The van der Waals surface area contributed by atoms with Gasteiger partial charge >= 0.3 is 0 Å². The summed E-state index contributed by atoms with van der Waals surface area (Å²) in [7, 11) is 0. The molecule has 1 heterocycles. The van der Waals surface area contributed by atoms with Gasteiger partial charge in [0.1, 0.15) is 0 Å².